The molecule has 0 bridgehead atoms. The van der Waals surface area contributed by atoms with Crippen LogP contribution in [0.25, 0.3) is 11.0 Å². The number of aromatic amines is 1. The molecular weight excluding hydrogens is 288 g/mol. The zero-order chi connectivity index (χ0) is 14.9. The van der Waals surface area contributed by atoms with Crippen molar-refractivity contribution in [2.45, 2.75) is 19.2 Å². The van der Waals surface area contributed by atoms with Gasteiger partial charge in [-0.2, -0.15) is 5.10 Å². The highest BCUT2D eigenvalue weighted by atomic mass is 16.6. The van der Waals surface area contributed by atoms with Gasteiger partial charge in [0, 0.05) is 6.20 Å². The molecule has 22 heavy (non-hydrogen) atoms. The molecule has 0 saturated carbocycles. The van der Waals surface area contributed by atoms with Crippen molar-refractivity contribution in [1.29, 1.82) is 0 Å². The highest BCUT2D eigenvalue weighted by Crippen LogP contribution is 2.12. The first-order valence-electron chi connectivity index (χ1n) is 6.72. The second-order valence-electron chi connectivity index (χ2n) is 4.93. The van der Waals surface area contributed by atoms with Gasteiger partial charge in [-0.15, -0.1) is 5.10 Å². The van der Waals surface area contributed by atoms with Gasteiger partial charge in [0.25, 0.3) is 5.91 Å². The number of rotatable bonds is 5. The van der Waals surface area contributed by atoms with Crippen LogP contribution in [0.5, 0.6) is 0 Å². The molecule has 0 aliphatic carbocycles. The fourth-order valence-corrected chi connectivity index (χ4v) is 2.08. The van der Waals surface area contributed by atoms with Gasteiger partial charge in [-0.1, -0.05) is 5.21 Å². The molecule has 1 saturated heterocycles. The molecule has 4 heterocycles. The lowest BCUT2D eigenvalue weighted by Crippen LogP contribution is -2.23. The first-order valence-corrected chi connectivity index (χ1v) is 6.72. The number of amides is 1. The van der Waals surface area contributed by atoms with E-state index in [4.69, 9.17) is 4.74 Å². The Morgan fingerprint density at radius 3 is 3.32 bits per heavy atom. The second-order valence-corrected chi connectivity index (χ2v) is 4.93. The molecule has 3 aromatic rings. The van der Waals surface area contributed by atoms with E-state index in [-0.39, 0.29) is 24.2 Å². The van der Waals surface area contributed by atoms with Crippen LogP contribution in [0.4, 0.5) is 0 Å². The molecule has 0 spiro atoms. The third-order valence-electron chi connectivity index (χ3n) is 3.27. The monoisotopic (exact) mass is 300 g/mol. The van der Waals surface area contributed by atoms with Crippen LogP contribution in [0, 0.1) is 0 Å². The minimum Gasteiger partial charge on any atom is -0.371 e. The molecule has 10 nitrogen and oxygen atoms in total. The predicted molar refractivity (Wildman–Crippen MR) is 72.6 cm³/mol. The van der Waals surface area contributed by atoms with Crippen molar-refractivity contribution < 1.29 is 9.53 Å². The molecule has 0 radical (unpaired) electrons. The van der Waals surface area contributed by atoms with Crippen molar-refractivity contribution in [3.8, 4) is 0 Å². The average molecular weight is 300 g/mol. The van der Waals surface area contributed by atoms with Crippen molar-refractivity contribution in [3.63, 3.8) is 0 Å². The number of fused-ring (bicyclic) bond motifs is 1. The Bertz CT molecular complexity index is 821. The smallest absolute Gasteiger partial charge is 0.272 e. The van der Waals surface area contributed by atoms with Crippen LogP contribution < -0.4 is 5.32 Å². The summed E-state index contributed by atoms with van der Waals surface area (Å²) in [5, 5.41) is 18.0. The van der Waals surface area contributed by atoms with E-state index in [1.165, 1.54) is 6.33 Å². The highest BCUT2D eigenvalue weighted by Gasteiger charge is 2.23. The Morgan fingerprint density at radius 2 is 2.45 bits per heavy atom. The summed E-state index contributed by atoms with van der Waals surface area (Å²) in [5.41, 5.74) is 1.45. The standard InChI is InChI=1S/C12H12N8O2/c21-12(10-9-2-13-6-15-11(9)18-17-10)14-1-7-3-20(19-16-7)4-8-5-22-8/h2-3,6,8H,1,4-5H2,(H,14,21)(H,13,15,17,18). The van der Waals surface area contributed by atoms with Gasteiger partial charge < -0.3 is 10.1 Å². The summed E-state index contributed by atoms with van der Waals surface area (Å²) >= 11 is 0. The number of nitrogens with one attached hydrogen (secondary N) is 2. The Balaban J connectivity index is 1.42. The molecule has 1 aliphatic rings. The van der Waals surface area contributed by atoms with E-state index < -0.39 is 0 Å². The zero-order valence-corrected chi connectivity index (χ0v) is 11.4. The number of hydrogen-bond donors (Lipinski definition) is 2. The Labute approximate surface area is 123 Å². The lowest BCUT2D eigenvalue weighted by atomic mass is 10.3. The molecule has 10 heteroatoms. The number of carbonyl (C=O) groups excluding carboxylic acids is 1. The first kappa shape index (κ1) is 12.8. The fourth-order valence-electron chi connectivity index (χ4n) is 2.08. The maximum atomic E-state index is 12.2. The molecule has 112 valence electrons. The Morgan fingerprint density at radius 1 is 1.55 bits per heavy atom. The highest BCUT2D eigenvalue weighted by molar-refractivity contribution is 6.03. The van der Waals surface area contributed by atoms with Gasteiger partial charge in [0.2, 0.25) is 0 Å². The largest absolute Gasteiger partial charge is 0.371 e. The number of H-pyrrole nitrogens is 1. The lowest BCUT2D eigenvalue weighted by molar-refractivity contribution is 0.0947. The SMILES string of the molecule is O=C(NCc1cn(CC2CO2)nn1)c1n[nH]c2ncncc12. The normalized spacial score (nSPS) is 16.8. The van der Waals surface area contributed by atoms with Crippen LogP contribution in [-0.4, -0.2) is 53.8 Å². The molecule has 4 rings (SSSR count). The van der Waals surface area contributed by atoms with Crippen LogP contribution in [0.2, 0.25) is 0 Å². The van der Waals surface area contributed by atoms with Gasteiger partial charge in [-0.25, -0.2) is 14.6 Å². The van der Waals surface area contributed by atoms with Crippen LogP contribution in [-0.2, 0) is 17.8 Å². The van der Waals surface area contributed by atoms with Gasteiger partial charge in [-0.3, -0.25) is 9.89 Å². The number of ether oxygens (including phenoxy) is 1. The summed E-state index contributed by atoms with van der Waals surface area (Å²) in [5.74, 6) is -0.318. The van der Waals surface area contributed by atoms with Gasteiger partial charge in [0.05, 0.1) is 31.3 Å². The van der Waals surface area contributed by atoms with E-state index >= 15 is 0 Å². The summed E-state index contributed by atoms with van der Waals surface area (Å²) in [6, 6.07) is 0. The van der Waals surface area contributed by atoms with Crippen molar-refractivity contribution in [3.05, 3.63) is 30.1 Å². The Kier molecular flexibility index (Phi) is 3.00. The number of epoxide rings is 1. The molecular formula is C12H12N8O2. The number of aromatic nitrogens is 7. The molecule has 1 atom stereocenters. The van der Waals surface area contributed by atoms with E-state index in [1.807, 2.05) is 0 Å². The summed E-state index contributed by atoms with van der Waals surface area (Å²) in [6.07, 6.45) is 4.96. The van der Waals surface area contributed by atoms with Gasteiger partial charge >= 0.3 is 0 Å². The summed E-state index contributed by atoms with van der Waals surface area (Å²) in [6.45, 7) is 1.72. The third kappa shape index (κ3) is 2.51. The van der Waals surface area contributed by atoms with E-state index in [9.17, 15) is 4.79 Å². The van der Waals surface area contributed by atoms with E-state index in [2.05, 4.69) is 35.8 Å². The predicted octanol–water partition coefficient (Wildman–Crippen LogP) is -0.727. The number of hydrogen-bond acceptors (Lipinski definition) is 7. The van der Waals surface area contributed by atoms with Crippen molar-refractivity contribution in [2.24, 2.45) is 0 Å². The quantitative estimate of drug-likeness (QED) is 0.595. The summed E-state index contributed by atoms with van der Waals surface area (Å²) in [4.78, 5) is 20.1. The van der Waals surface area contributed by atoms with Crippen molar-refractivity contribution in [2.75, 3.05) is 6.61 Å². The molecule has 1 amide bonds. The number of carbonyl (C=O) groups is 1. The maximum Gasteiger partial charge on any atom is 0.272 e. The zero-order valence-electron chi connectivity index (χ0n) is 11.4. The average Bonchev–Trinajstić information content (AvgIpc) is 3.07. The first-order chi connectivity index (χ1) is 10.8. The molecule has 1 fully saturated rings. The van der Waals surface area contributed by atoms with Crippen molar-refractivity contribution >= 4 is 16.9 Å². The van der Waals surface area contributed by atoms with E-state index in [0.717, 1.165) is 6.61 Å². The van der Waals surface area contributed by atoms with Gasteiger partial charge in [0.1, 0.15) is 18.1 Å². The maximum absolute atomic E-state index is 12.2. The lowest BCUT2D eigenvalue weighted by Gasteiger charge is -2.00. The molecule has 1 unspecified atom stereocenters. The topological polar surface area (TPSA) is 127 Å². The molecule has 1 aliphatic heterocycles. The van der Waals surface area contributed by atoms with E-state index in [1.54, 1.807) is 17.1 Å². The minimum absolute atomic E-state index is 0.236. The van der Waals surface area contributed by atoms with Gasteiger partial charge in [-0.05, 0) is 0 Å². The molecule has 2 N–H and O–H groups in total. The Hall–Kier alpha value is -2.88. The molecule has 0 aromatic carbocycles. The fraction of sp³-hybridized carbons (Fsp3) is 0.333. The second kappa shape index (κ2) is 5.15. The van der Waals surface area contributed by atoms with Crippen LogP contribution in [0.3, 0.4) is 0 Å². The van der Waals surface area contributed by atoms with Gasteiger partial charge in [0.15, 0.2) is 11.3 Å². The van der Waals surface area contributed by atoms with Crippen molar-refractivity contribution in [1.82, 2.24) is 40.5 Å². The molecule has 3 aromatic heterocycles. The number of nitrogens with zero attached hydrogens (tertiary/aromatic N) is 6. The van der Waals surface area contributed by atoms with E-state index in [0.29, 0.717) is 23.3 Å². The van der Waals surface area contributed by atoms with Crippen LogP contribution in [0.1, 0.15) is 16.2 Å². The van der Waals surface area contributed by atoms with Crippen LogP contribution >= 0.6 is 0 Å². The summed E-state index contributed by atoms with van der Waals surface area (Å²) in [7, 11) is 0. The van der Waals surface area contributed by atoms with Crippen LogP contribution in [0.15, 0.2) is 18.7 Å². The summed E-state index contributed by atoms with van der Waals surface area (Å²) < 4.78 is 6.83. The third-order valence-corrected chi connectivity index (χ3v) is 3.27. The minimum atomic E-state index is -0.318.